The number of allylic oxidation sites excluding steroid dienone is 2. The molecule has 2 atom stereocenters. The molecule has 1 heterocycles. The average molecular weight is 265 g/mol. The van der Waals surface area contributed by atoms with Crippen molar-refractivity contribution >= 4 is 23.4 Å². The number of alkyl halides is 1. The molecule has 0 aromatic heterocycles. The van der Waals surface area contributed by atoms with E-state index in [9.17, 15) is 0 Å². The van der Waals surface area contributed by atoms with Gasteiger partial charge in [0, 0.05) is 10.6 Å². The summed E-state index contributed by atoms with van der Waals surface area (Å²) in [7, 11) is 0. The van der Waals surface area contributed by atoms with Crippen LogP contribution in [0.15, 0.2) is 40.8 Å². The van der Waals surface area contributed by atoms with Crippen LogP contribution in [-0.4, -0.2) is 11.1 Å². The van der Waals surface area contributed by atoms with Crippen LogP contribution in [0.2, 0.25) is 0 Å². The summed E-state index contributed by atoms with van der Waals surface area (Å²) in [4.78, 5) is 1.48. The van der Waals surface area contributed by atoms with Crippen LogP contribution in [-0.2, 0) is 0 Å². The minimum absolute atomic E-state index is 0.281. The van der Waals surface area contributed by atoms with Gasteiger partial charge in [-0.2, -0.15) is 0 Å². The molecular weight excluding hydrogens is 248 g/mol. The molecule has 90 valence electrons. The summed E-state index contributed by atoms with van der Waals surface area (Å²) in [5, 5.41) is 0.281. The van der Waals surface area contributed by atoms with E-state index in [1.165, 1.54) is 29.9 Å². The zero-order valence-corrected chi connectivity index (χ0v) is 11.4. The van der Waals surface area contributed by atoms with Crippen molar-refractivity contribution in [3.63, 3.8) is 0 Å². The van der Waals surface area contributed by atoms with Crippen LogP contribution in [0, 0.1) is 0 Å². The monoisotopic (exact) mass is 264 g/mol. The van der Waals surface area contributed by atoms with Crippen LogP contribution in [0.25, 0.3) is 0 Å². The fourth-order valence-electron chi connectivity index (χ4n) is 2.83. The second-order valence-corrected chi connectivity index (χ2v) is 6.61. The molecule has 1 aromatic carbocycles. The SMILES string of the molecule is ClC1C=C(CC2CSc3ccccc32)CCC1. The van der Waals surface area contributed by atoms with Crippen molar-refractivity contribution in [2.45, 2.75) is 41.9 Å². The van der Waals surface area contributed by atoms with Crippen molar-refractivity contribution in [3.05, 3.63) is 41.5 Å². The van der Waals surface area contributed by atoms with E-state index in [1.807, 2.05) is 11.8 Å². The van der Waals surface area contributed by atoms with E-state index < -0.39 is 0 Å². The Hall–Kier alpha value is -0.400. The van der Waals surface area contributed by atoms with Gasteiger partial charge in [0.1, 0.15) is 0 Å². The topological polar surface area (TPSA) is 0 Å². The molecule has 0 radical (unpaired) electrons. The Bertz CT molecular complexity index is 438. The minimum Gasteiger partial charge on any atom is -0.125 e. The third kappa shape index (κ3) is 2.56. The summed E-state index contributed by atoms with van der Waals surface area (Å²) in [5.41, 5.74) is 3.13. The third-order valence-electron chi connectivity index (χ3n) is 3.70. The lowest BCUT2D eigenvalue weighted by Crippen LogP contribution is -2.07. The number of thioether (sulfide) groups is 1. The second kappa shape index (κ2) is 5.07. The number of fused-ring (bicyclic) bond motifs is 1. The first-order valence-electron chi connectivity index (χ1n) is 6.38. The normalized spacial score (nSPS) is 27.7. The maximum atomic E-state index is 6.22. The first-order valence-corrected chi connectivity index (χ1v) is 7.80. The first-order chi connectivity index (χ1) is 8.33. The quantitative estimate of drug-likeness (QED) is 0.536. The maximum Gasteiger partial charge on any atom is 0.0518 e. The van der Waals surface area contributed by atoms with Crippen molar-refractivity contribution in [3.8, 4) is 0 Å². The molecule has 2 heteroatoms. The summed E-state index contributed by atoms with van der Waals surface area (Å²) in [6.07, 6.45) is 7.19. The fraction of sp³-hybridized carbons (Fsp3) is 0.467. The largest absolute Gasteiger partial charge is 0.125 e. The van der Waals surface area contributed by atoms with Gasteiger partial charge < -0.3 is 0 Å². The molecule has 0 spiro atoms. The van der Waals surface area contributed by atoms with E-state index in [1.54, 1.807) is 11.1 Å². The van der Waals surface area contributed by atoms with E-state index in [2.05, 4.69) is 30.3 Å². The second-order valence-electron chi connectivity index (χ2n) is 4.98. The van der Waals surface area contributed by atoms with Crippen molar-refractivity contribution in [2.24, 2.45) is 0 Å². The summed E-state index contributed by atoms with van der Waals surface area (Å²) in [5.74, 6) is 1.95. The Morgan fingerprint density at radius 2 is 2.18 bits per heavy atom. The highest BCUT2D eigenvalue weighted by Gasteiger charge is 2.24. The molecule has 1 aliphatic heterocycles. The van der Waals surface area contributed by atoms with Gasteiger partial charge in [-0.05, 0) is 43.2 Å². The lowest BCUT2D eigenvalue weighted by molar-refractivity contribution is 0.648. The predicted octanol–water partition coefficient (Wildman–Crippen LogP) is 4.98. The molecule has 0 nitrogen and oxygen atoms in total. The molecule has 17 heavy (non-hydrogen) atoms. The van der Waals surface area contributed by atoms with Gasteiger partial charge in [0.25, 0.3) is 0 Å². The molecule has 0 fully saturated rings. The van der Waals surface area contributed by atoms with Crippen LogP contribution in [0.1, 0.15) is 37.2 Å². The molecule has 0 saturated heterocycles. The molecule has 2 aliphatic rings. The van der Waals surface area contributed by atoms with Gasteiger partial charge in [-0.15, -0.1) is 23.4 Å². The highest BCUT2D eigenvalue weighted by atomic mass is 35.5. The van der Waals surface area contributed by atoms with Crippen LogP contribution in [0.3, 0.4) is 0 Å². The zero-order valence-electron chi connectivity index (χ0n) is 9.86. The van der Waals surface area contributed by atoms with Gasteiger partial charge in [0.05, 0.1) is 5.38 Å². The lowest BCUT2D eigenvalue weighted by atomic mass is 9.88. The lowest BCUT2D eigenvalue weighted by Gasteiger charge is -2.19. The number of halogens is 1. The maximum absolute atomic E-state index is 6.22. The van der Waals surface area contributed by atoms with E-state index >= 15 is 0 Å². The average Bonchev–Trinajstić information content (AvgIpc) is 2.73. The number of hydrogen-bond acceptors (Lipinski definition) is 1. The summed E-state index contributed by atoms with van der Waals surface area (Å²) >= 11 is 8.22. The molecule has 2 unspecified atom stereocenters. The Kier molecular flexibility index (Phi) is 3.49. The van der Waals surface area contributed by atoms with Gasteiger partial charge in [-0.1, -0.05) is 29.8 Å². The zero-order chi connectivity index (χ0) is 11.7. The van der Waals surface area contributed by atoms with Crippen molar-refractivity contribution in [2.75, 3.05) is 5.75 Å². The first kappa shape index (κ1) is 11.7. The highest BCUT2D eigenvalue weighted by Crippen LogP contribution is 2.43. The fourth-order valence-corrected chi connectivity index (χ4v) is 4.42. The van der Waals surface area contributed by atoms with Gasteiger partial charge in [-0.25, -0.2) is 0 Å². The number of rotatable bonds is 2. The summed E-state index contributed by atoms with van der Waals surface area (Å²) in [6.45, 7) is 0. The smallest absolute Gasteiger partial charge is 0.0518 e. The van der Waals surface area contributed by atoms with Crippen molar-refractivity contribution in [1.29, 1.82) is 0 Å². The van der Waals surface area contributed by atoms with Crippen LogP contribution in [0.5, 0.6) is 0 Å². The Morgan fingerprint density at radius 3 is 3.06 bits per heavy atom. The number of benzene rings is 1. The van der Waals surface area contributed by atoms with E-state index in [0.717, 1.165) is 6.42 Å². The van der Waals surface area contributed by atoms with Crippen molar-refractivity contribution in [1.82, 2.24) is 0 Å². The molecule has 1 aliphatic carbocycles. The van der Waals surface area contributed by atoms with Gasteiger partial charge in [0.15, 0.2) is 0 Å². The molecule has 0 amide bonds. The minimum atomic E-state index is 0.281. The Morgan fingerprint density at radius 1 is 1.29 bits per heavy atom. The molecule has 0 bridgehead atoms. The standard InChI is InChI=1S/C15H17ClS/c16-13-5-3-4-11(9-13)8-12-10-17-15-7-2-1-6-14(12)15/h1-2,6-7,9,12-13H,3-5,8,10H2. The van der Waals surface area contributed by atoms with E-state index in [0.29, 0.717) is 5.92 Å². The van der Waals surface area contributed by atoms with Crippen LogP contribution < -0.4 is 0 Å². The van der Waals surface area contributed by atoms with Crippen LogP contribution >= 0.6 is 23.4 Å². The summed E-state index contributed by atoms with van der Waals surface area (Å²) in [6, 6.07) is 8.85. The van der Waals surface area contributed by atoms with Crippen molar-refractivity contribution < 1.29 is 0 Å². The molecule has 0 N–H and O–H groups in total. The Labute approximate surface area is 112 Å². The summed E-state index contributed by atoms with van der Waals surface area (Å²) < 4.78 is 0. The van der Waals surface area contributed by atoms with Gasteiger partial charge >= 0.3 is 0 Å². The van der Waals surface area contributed by atoms with Crippen LogP contribution in [0.4, 0.5) is 0 Å². The predicted molar refractivity (Wildman–Crippen MR) is 76.1 cm³/mol. The van der Waals surface area contributed by atoms with Gasteiger partial charge in [-0.3, -0.25) is 0 Å². The van der Waals surface area contributed by atoms with Gasteiger partial charge in [0.2, 0.25) is 0 Å². The molecular formula is C15H17ClS. The van der Waals surface area contributed by atoms with E-state index in [4.69, 9.17) is 11.6 Å². The Balaban J connectivity index is 1.75. The molecule has 3 rings (SSSR count). The molecule has 0 saturated carbocycles. The number of hydrogen-bond donors (Lipinski definition) is 0. The van der Waals surface area contributed by atoms with E-state index in [-0.39, 0.29) is 5.38 Å². The highest BCUT2D eigenvalue weighted by molar-refractivity contribution is 7.99. The third-order valence-corrected chi connectivity index (χ3v) is 5.30. The molecule has 1 aromatic rings.